The number of fused-ring (bicyclic) bond motifs is 1. The normalized spacial score (nSPS) is 11.1. The number of carbonyl (C=O) groups is 1. The molecule has 0 atom stereocenters. The van der Waals surface area contributed by atoms with Crippen molar-refractivity contribution >= 4 is 28.6 Å². The molecule has 2 aromatic heterocycles. The molecule has 4 aromatic rings. The van der Waals surface area contributed by atoms with E-state index < -0.39 is 0 Å². The maximum Gasteiger partial charge on any atom is 0.230 e. The highest BCUT2D eigenvalue weighted by atomic mass is 32.2. The average Bonchev–Trinajstić information content (AvgIpc) is 3.35. The molecule has 0 saturated carbocycles. The van der Waals surface area contributed by atoms with Gasteiger partial charge in [-0.25, -0.2) is 4.39 Å². The van der Waals surface area contributed by atoms with Gasteiger partial charge in [0.25, 0.3) is 0 Å². The van der Waals surface area contributed by atoms with E-state index in [9.17, 15) is 9.18 Å². The van der Waals surface area contributed by atoms with Crippen molar-refractivity contribution in [3.8, 4) is 11.4 Å². The first-order valence-electron chi connectivity index (χ1n) is 9.29. The van der Waals surface area contributed by atoms with Crippen molar-refractivity contribution in [2.75, 3.05) is 5.75 Å². The number of thioether (sulfide) groups is 1. The van der Waals surface area contributed by atoms with Gasteiger partial charge in [0, 0.05) is 35.8 Å². The number of nitrogens with one attached hydrogen (secondary N) is 2. The van der Waals surface area contributed by atoms with E-state index in [1.54, 1.807) is 12.1 Å². The quantitative estimate of drug-likeness (QED) is 0.453. The number of benzene rings is 2. The fourth-order valence-corrected chi connectivity index (χ4v) is 3.95. The Morgan fingerprint density at radius 1 is 1.17 bits per heavy atom. The first-order chi connectivity index (χ1) is 14.2. The van der Waals surface area contributed by atoms with E-state index in [2.05, 4.69) is 20.5 Å². The van der Waals surface area contributed by atoms with Gasteiger partial charge in [-0.2, -0.15) is 0 Å². The molecule has 8 heteroatoms. The number of carbonyl (C=O) groups excluding carboxylic acids is 1. The van der Waals surface area contributed by atoms with E-state index in [-0.39, 0.29) is 17.5 Å². The molecule has 2 aromatic carbocycles. The van der Waals surface area contributed by atoms with Crippen LogP contribution in [0.4, 0.5) is 4.39 Å². The fraction of sp³-hybridized carbons (Fsp3) is 0.190. The summed E-state index contributed by atoms with van der Waals surface area (Å²) in [5, 5.41) is 13.3. The lowest BCUT2D eigenvalue weighted by Gasteiger charge is -2.07. The van der Waals surface area contributed by atoms with E-state index in [1.807, 2.05) is 42.0 Å². The van der Waals surface area contributed by atoms with Crippen LogP contribution in [0.3, 0.4) is 0 Å². The molecule has 1 amide bonds. The number of H-pyrrole nitrogens is 1. The zero-order valence-corrected chi connectivity index (χ0v) is 16.7. The molecule has 4 rings (SSSR count). The summed E-state index contributed by atoms with van der Waals surface area (Å²) in [7, 11) is 0. The number of amides is 1. The fourth-order valence-electron chi connectivity index (χ4n) is 3.12. The molecule has 2 heterocycles. The number of halogens is 1. The maximum atomic E-state index is 12.9. The van der Waals surface area contributed by atoms with Crippen molar-refractivity contribution in [3.05, 3.63) is 66.1 Å². The Morgan fingerprint density at radius 3 is 2.76 bits per heavy atom. The van der Waals surface area contributed by atoms with Crippen LogP contribution < -0.4 is 5.32 Å². The van der Waals surface area contributed by atoms with Crippen LogP contribution in [0.2, 0.25) is 0 Å². The van der Waals surface area contributed by atoms with Crippen molar-refractivity contribution in [1.29, 1.82) is 0 Å². The Hall–Kier alpha value is -3.13. The molecule has 0 aliphatic carbocycles. The second kappa shape index (κ2) is 8.48. The lowest BCUT2D eigenvalue weighted by molar-refractivity contribution is -0.118. The van der Waals surface area contributed by atoms with Crippen LogP contribution in [-0.2, 0) is 17.9 Å². The van der Waals surface area contributed by atoms with Crippen LogP contribution in [0.5, 0.6) is 0 Å². The zero-order valence-electron chi connectivity index (χ0n) is 15.9. The molecule has 148 valence electrons. The van der Waals surface area contributed by atoms with Gasteiger partial charge in [0.15, 0.2) is 11.0 Å². The number of nitrogens with zero attached hydrogens (tertiary/aromatic N) is 3. The number of rotatable bonds is 7. The van der Waals surface area contributed by atoms with Gasteiger partial charge in [-0.3, -0.25) is 4.79 Å². The van der Waals surface area contributed by atoms with Gasteiger partial charge in [-0.15, -0.1) is 10.2 Å². The number of hydrogen-bond acceptors (Lipinski definition) is 4. The smallest absolute Gasteiger partial charge is 0.230 e. The topological polar surface area (TPSA) is 75.6 Å². The van der Waals surface area contributed by atoms with Crippen LogP contribution in [-0.4, -0.2) is 31.4 Å². The molecule has 6 nitrogen and oxygen atoms in total. The van der Waals surface area contributed by atoms with E-state index in [4.69, 9.17) is 0 Å². The lowest BCUT2D eigenvalue weighted by atomic mass is 10.1. The Morgan fingerprint density at radius 2 is 1.97 bits per heavy atom. The van der Waals surface area contributed by atoms with Gasteiger partial charge in [-0.1, -0.05) is 42.1 Å². The number of para-hydroxylation sites is 1. The SMILES string of the molecule is CCn1c(SCC(=O)NCc2ccc(F)cc2)nnc1-c1c[nH]c2ccccc12. The summed E-state index contributed by atoms with van der Waals surface area (Å²) in [6.45, 7) is 3.09. The molecule has 2 N–H and O–H groups in total. The molecule has 0 radical (unpaired) electrons. The minimum absolute atomic E-state index is 0.112. The lowest BCUT2D eigenvalue weighted by Crippen LogP contribution is -2.24. The van der Waals surface area contributed by atoms with Crippen molar-refractivity contribution < 1.29 is 9.18 Å². The third kappa shape index (κ3) is 4.17. The third-order valence-corrected chi connectivity index (χ3v) is 5.57. The van der Waals surface area contributed by atoms with E-state index in [1.165, 1.54) is 23.9 Å². The maximum absolute atomic E-state index is 12.9. The number of aromatic amines is 1. The highest BCUT2D eigenvalue weighted by molar-refractivity contribution is 7.99. The first-order valence-corrected chi connectivity index (χ1v) is 10.3. The van der Waals surface area contributed by atoms with Crippen LogP contribution >= 0.6 is 11.8 Å². The van der Waals surface area contributed by atoms with E-state index >= 15 is 0 Å². The average molecular weight is 409 g/mol. The first kappa shape index (κ1) is 19.2. The highest BCUT2D eigenvalue weighted by Gasteiger charge is 2.17. The zero-order chi connectivity index (χ0) is 20.2. The minimum Gasteiger partial charge on any atom is -0.360 e. The molecule has 0 aliphatic heterocycles. The minimum atomic E-state index is -0.291. The van der Waals surface area contributed by atoms with Crippen LogP contribution in [0.1, 0.15) is 12.5 Å². The van der Waals surface area contributed by atoms with Gasteiger partial charge >= 0.3 is 0 Å². The second-order valence-electron chi connectivity index (χ2n) is 6.49. The van der Waals surface area contributed by atoms with Crippen molar-refractivity contribution in [2.24, 2.45) is 0 Å². The molecule has 0 aliphatic rings. The highest BCUT2D eigenvalue weighted by Crippen LogP contribution is 2.29. The largest absolute Gasteiger partial charge is 0.360 e. The van der Waals surface area contributed by atoms with Crippen molar-refractivity contribution in [2.45, 2.75) is 25.2 Å². The van der Waals surface area contributed by atoms with Crippen LogP contribution in [0.15, 0.2) is 59.9 Å². The molecule has 0 unspecified atom stereocenters. The third-order valence-electron chi connectivity index (χ3n) is 4.60. The summed E-state index contributed by atoms with van der Waals surface area (Å²) in [5.74, 6) is 0.603. The second-order valence-corrected chi connectivity index (χ2v) is 7.43. The van der Waals surface area contributed by atoms with Gasteiger partial charge in [0.2, 0.25) is 5.91 Å². The monoisotopic (exact) mass is 409 g/mol. The van der Waals surface area contributed by atoms with Crippen LogP contribution in [0.25, 0.3) is 22.3 Å². The van der Waals surface area contributed by atoms with Gasteiger partial charge in [-0.05, 0) is 30.7 Å². The summed E-state index contributed by atoms with van der Waals surface area (Å²) >= 11 is 1.35. The summed E-state index contributed by atoms with van der Waals surface area (Å²) in [6.07, 6.45) is 1.94. The van der Waals surface area contributed by atoms with Gasteiger partial charge in [0.05, 0.1) is 5.75 Å². The molecular formula is C21H20FN5OS. The van der Waals surface area contributed by atoms with Gasteiger partial charge < -0.3 is 14.9 Å². The molecule has 0 spiro atoms. The number of aromatic nitrogens is 4. The van der Waals surface area contributed by atoms with Gasteiger partial charge in [0.1, 0.15) is 5.82 Å². The molecule has 0 bridgehead atoms. The van der Waals surface area contributed by atoms with E-state index in [0.29, 0.717) is 18.2 Å². The molecule has 29 heavy (non-hydrogen) atoms. The summed E-state index contributed by atoms with van der Waals surface area (Å²) in [5.41, 5.74) is 2.88. The predicted molar refractivity (Wildman–Crippen MR) is 112 cm³/mol. The Bertz CT molecular complexity index is 1140. The molecule has 0 saturated heterocycles. The van der Waals surface area contributed by atoms with Crippen molar-refractivity contribution in [3.63, 3.8) is 0 Å². The molecule has 0 fully saturated rings. The van der Waals surface area contributed by atoms with Crippen molar-refractivity contribution in [1.82, 2.24) is 25.1 Å². The Balaban J connectivity index is 1.43. The standard InChI is InChI=1S/C21H20FN5OS/c1-2-27-20(17-12-23-18-6-4-3-5-16(17)18)25-26-21(27)29-13-19(28)24-11-14-7-9-15(22)10-8-14/h3-10,12,23H,2,11,13H2,1H3,(H,24,28). The number of hydrogen-bond donors (Lipinski definition) is 2. The Labute approximate surface area is 171 Å². The summed E-state index contributed by atoms with van der Waals surface area (Å²) in [4.78, 5) is 15.5. The predicted octanol–water partition coefficient (Wildman–Crippen LogP) is 3.99. The van der Waals surface area contributed by atoms with Crippen LogP contribution in [0, 0.1) is 5.82 Å². The van der Waals surface area contributed by atoms with E-state index in [0.717, 1.165) is 27.9 Å². The summed E-state index contributed by atoms with van der Waals surface area (Å²) in [6, 6.07) is 14.1. The summed E-state index contributed by atoms with van der Waals surface area (Å²) < 4.78 is 15.0. The Kier molecular flexibility index (Phi) is 5.62. The molecular weight excluding hydrogens is 389 g/mol.